The molecule has 2 aromatic heterocycles. The van der Waals surface area contributed by atoms with Gasteiger partial charge < -0.3 is 5.11 Å². The third kappa shape index (κ3) is 3.05. The Labute approximate surface area is 130 Å². The van der Waals surface area contributed by atoms with Crippen molar-refractivity contribution in [2.24, 2.45) is 0 Å². The molecule has 3 heterocycles. The Balaban J connectivity index is 1.90. The van der Waals surface area contributed by atoms with Crippen LogP contribution in [0.2, 0.25) is 0 Å². The monoisotopic (exact) mass is 301 g/mol. The van der Waals surface area contributed by atoms with Gasteiger partial charge in [-0.1, -0.05) is 12.5 Å². The molecule has 0 saturated carbocycles. The van der Waals surface area contributed by atoms with Gasteiger partial charge in [0.05, 0.1) is 5.69 Å². The fourth-order valence-corrected chi connectivity index (χ4v) is 3.34. The maximum Gasteiger partial charge on any atom is 0.258 e. The lowest BCUT2D eigenvalue weighted by Gasteiger charge is -2.35. The molecule has 1 N–H and O–H groups in total. The second-order valence-electron chi connectivity index (χ2n) is 6.10. The normalized spacial score (nSPS) is 19.6. The van der Waals surface area contributed by atoms with Crippen LogP contribution in [0.1, 0.15) is 36.9 Å². The van der Waals surface area contributed by atoms with Crippen molar-refractivity contribution in [2.75, 3.05) is 13.2 Å². The SMILES string of the molecule is Cc1cccn2c(=O)cc(CN3CCCCC3CCO)nc12. The quantitative estimate of drug-likeness (QED) is 0.934. The lowest BCUT2D eigenvalue weighted by Crippen LogP contribution is -2.40. The maximum atomic E-state index is 12.3. The summed E-state index contributed by atoms with van der Waals surface area (Å²) in [7, 11) is 0. The zero-order chi connectivity index (χ0) is 15.5. The van der Waals surface area contributed by atoms with Crippen molar-refractivity contribution in [1.82, 2.24) is 14.3 Å². The Morgan fingerprint density at radius 1 is 1.41 bits per heavy atom. The predicted molar refractivity (Wildman–Crippen MR) is 86.0 cm³/mol. The fourth-order valence-electron chi connectivity index (χ4n) is 3.34. The van der Waals surface area contributed by atoms with Crippen molar-refractivity contribution in [1.29, 1.82) is 0 Å². The summed E-state index contributed by atoms with van der Waals surface area (Å²) in [5, 5.41) is 9.23. The highest BCUT2D eigenvalue weighted by atomic mass is 16.3. The third-order valence-electron chi connectivity index (χ3n) is 4.52. The lowest BCUT2D eigenvalue weighted by atomic mass is 9.99. The summed E-state index contributed by atoms with van der Waals surface area (Å²) in [6, 6.07) is 5.88. The molecular formula is C17H23N3O2. The van der Waals surface area contributed by atoms with Crippen molar-refractivity contribution in [3.05, 3.63) is 46.0 Å². The summed E-state index contributed by atoms with van der Waals surface area (Å²) < 4.78 is 1.60. The molecule has 1 saturated heterocycles. The molecule has 0 spiro atoms. The van der Waals surface area contributed by atoms with E-state index in [1.807, 2.05) is 19.1 Å². The molecule has 3 rings (SSSR count). The van der Waals surface area contributed by atoms with Gasteiger partial charge in [0.25, 0.3) is 5.56 Å². The number of hydrogen-bond acceptors (Lipinski definition) is 4. The fraction of sp³-hybridized carbons (Fsp3) is 0.529. The standard InChI is InChI=1S/C17H23N3O2/c1-13-5-4-9-20-16(22)11-14(18-17(13)20)12-19-8-3-2-6-15(19)7-10-21/h4-5,9,11,15,21H,2-3,6-8,10,12H2,1H3. The summed E-state index contributed by atoms with van der Waals surface area (Å²) >= 11 is 0. The van der Waals surface area contributed by atoms with Crippen LogP contribution in [0, 0.1) is 6.92 Å². The molecule has 1 fully saturated rings. The van der Waals surface area contributed by atoms with Crippen molar-refractivity contribution in [2.45, 2.75) is 45.2 Å². The van der Waals surface area contributed by atoms with Crippen molar-refractivity contribution >= 4 is 5.65 Å². The third-order valence-corrected chi connectivity index (χ3v) is 4.52. The summed E-state index contributed by atoms with van der Waals surface area (Å²) in [6.45, 7) is 3.89. The first kappa shape index (κ1) is 15.2. The molecule has 2 aromatic rings. The second-order valence-corrected chi connectivity index (χ2v) is 6.10. The predicted octanol–water partition coefficient (Wildman–Crippen LogP) is 1.74. The van der Waals surface area contributed by atoms with Crippen LogP contribution in [0.4, 0.5) is 0 Å². The molecular weight excluding hydrogens is 278 g/mol. The number of hydrogen-bond donors (Lipinski definition) is 1. The van der Waals surface area contributed by atoms with Gasteiger partial charge in [-0.15, -0.1) is 0 Å². The van der Waals surface area contributed by atoms with Crippen LogP contribution in [0.3, 0.4) is 0 Å². The van der Waals surface area contributed by atoms with Crippen molar-refractivity contribution < 1.29 is 5.11 Å². The first-order valence-electron chi connectivity index (χ1n) is 8.02. The van der Waals surface area contributed by atoms with E-state index >= 15 is 0 Å². The maximum absolute atomic E-state index is 12.3. The van der Waals surface area contributed by atoms with E-state index in [1.54, 1.807) is 16.7 Å². The van der Waals surface area contributed by atoms with Crippen LogP contribution in [0.25, 0.3) is 5.65 Å². The molecule has 0 aliphatic carbocycles. The first-order valence-corrected chi connectivity index (χ1v) is 8.02. The lowest BCUT2D eigenvalue weighted by molar-refractivity contribution is 0.111. The number of aromatic nitrogens is 2. The molecule has 22 heavy (non-hydrogen) atoms. The zero-order valence-electron chi connectivity index (χ0n) is 13.0. The van der Waals surface area contributed by atoms with Gasteiger partial charge in [-0.05, 0) is 44.4 Å². The van der Waals surface area contributed by atoms with Crippen molar-refractivity contribution in [3.8, 4) is 0 Å². The highest BCUT2D eigenvalue weighted by molar-refractivity contribution is 5.46. The Kier molecular flexibility index (Phi) is 4.55. The summed E-state index contributed by atoms with van der Waals surface area (Å²) in [5.41, 5.74) is 2.54. The van der Waals surface area contributed by atoms with E-state index in [-0.39, 0.29) is 12.2 Å². The van der Waals surface area contributed by atoms with E-state index in [0.717, 1.165) is 36.3 Å². The van der Waals surface area contributed by atoms with E-state index in [0.29, 0.717) is 12.6 Å². The van der Waals surface area contributed by atoms with E-state index in [4.69, 9.17) is 0 Å². The number of fused-ring (bicyclic) bond motifs is 1. The molecule has 1 aliphatic rings. The molecule has 1 unspecified atom stereocenters. The minimum Gasteiger partial charge on any atom is -0.396 e. The van der Waals surface area contributed by atoms with Gasteiger partial charge in [-0.3, -0.25) is 14.1 Å². The number of aliphatic hydroxyl groups excluding tert-OH is 1. The number of aryl methyl sites for hydroxylation is 1. The molecule has 0 bridgehead atoms. The van der Waals surface area contributed by atoms with Crippen LogP contribution in [0.5, 0.6) is 0 Å². The van der Waals surface area contributed by atoms with Gasteiger partial charge in [0.15, 0.2) is 0 Å². The second kappa shape index (κ2) is 6.58. The minimum atomic E-state index is -0.0283. The summed E-state index contributed by atoms with van der Waals surface area (Å²) in [5.74, 6) is 0. The van der Waals surface area contributed by atoms with Crippen LogP contribution in [-0.2, 0) is 6.54 Å². The van der Waals surface area contributed by atoms with Crippen LogP contribution >= 0.6 is 0 Å². The molecule has 1 atom stereocenters. The molecule has 118 valence electrons. The number of likely N-dealkylation sites (tertiary alicyclic amines) is 1. The highest BCUT2D eigenvalue weighted by Gasteiger charge is 2.22. The van der Waals surface area contributed by atoms with Gasteiger partial charge >= 0.3 is 0 Å². The summed E-state index contributed by atoms with van der Waals surface area (Å²) in [6.07, 6.45) is 6.07. The molecule has 0 radical (unpaired) electrons. The Hall–Kier alpha value is -1.72. The van der Waals surface area contributed by atoms with E-state index < -0.39 is 0 Å². The molecule has 0 amide bonds. The Morgan fingerprint density at radius 3 is 3.09 bits per heavy atom. The van der Waals surface area contributed by atoms with Gasteiger partial charge in [0, 0.05) is 31.5 Å². The van der Waals surface area contributed by atoms with Gasteiger partial charge in [-0.2, -0.15) is 0 Å². The zero-order valence-corrected chi connectivity index (χ0v) is 13.0. The number of piperidine rings is 1. The average molecular weight is 301 g/mol. The van der Waals surface area contributed by atoms with Crippen LogP contribution in [-0.4, -0.2) is 38.6 Å². The number of nitrogens with zero attached hydrogens (tertiary/aromatic N) is 3. The van der Waals surface area contributed by atoms with Gasteiger partial charge in [0.2, 0.25) is 0 Å². The molecule has 1 aliphatic heterocycles. The van der Waals surface area contributed by atoms with E-state index in [1.165, 1.54) is 12.8 Å². The van der Waals surface area contributed by atoms with Crippen LogP contribution in [0.15, 0.2) is 29.2 Å². The minimum absolute atomic E-state index is 0.0283. The summed E-state index contributed by atoms with van der Waals surface area (Å²) in [4.78, 5) is 19.3. The Morgan fingerprint density at radius 2 is 2.27 bits per heavy atom. The van der Waals surface area contributed by atoms with E-state index in [9.17, 15) is 9.90 Å². The first-order chi connectivity index (χ1) is 10.7. The molecule has 0 aromatic carbocycles. The topological polar surface area (TPSA) is 57.8 Å². The molecule has 5 nitrogen and oxygen atoms in total. The van der Waals surface area contributed by atoms with Crippen molar-refractivity contribution in [3.63, 3.8) is 0 Å². The van der Waals surface area contributed by atoms with Gasteiger partial charge in [0.1, 0.15) is 5.65 Å². The highest BCUT2D eigenvalue weighted by Crippen LogP contribution is 2.21. The number of aliphatic hydroxyl groups is 1. The average Bonchev–Trinajstić information content (AvgIpc) is 2.51. The van der Waals surface area contributed by atoms with Crippen LogP contribution < -0.4 is 5.56 Å². The van der Waals surface area contributed by atoms with E-state index in [2.05, 4.69) is 9.88 Å². The number of pyridine rings is 1. The Bertz CT molecular complexity index is 709. The smallest absolute Gasteiger partial charge is 0.258 e. The molecule has 5 heteroatoms. The number of rotatable bonds is 4. The largest absolute Gasteiger partial charge is 0.396 e. The van der Waals surface area contributed by atoms with Gasteiger partial charge in [-0.25, -0.2) is 4.98 Å².